The Labute approximate surface area is 183 Å². The Morgan fingerprint density at radius 3 is 2.37 bits per heavy atom. The van der Waals surface area contributed by atoms with E-state index in [4.69, 9.17) is 0 Å². The van der Waals surface area contributed by atoms with Crippen LogP contribution in [0.25, 0.3) is 10.9 Å². The molecule has 0 saturated carbocycles. The van der Waals surface area contributed by atoms with Gasteiger partial charge < -0.3 is 20.0 Å². The summed E-state index contributed by atoms with van der Waals surface area (Å²) < 4.78 is 26.5. The molecule has 3 rings (SSSR count). The standard InChI is InChI=1S/C19H20N4O5S.Cr/c1-3-23(4-2)29(27,28)12-9-10-16(24)15(11-12)21-22-17-18(25)13-7-5-6-8-14(13)20-19(17)26;/h5-11H,3-4H2,1-2H3,(H3,20,21,22,24,25,26);/q;+3/p-3. The zero-order valence-corrected chi connectivity index (χ0v) is 18.2. The van der Waals surface area contributed by atoms with Crippen LogP contribution in [0.3, 0.4) is 0 Å². The molecule has 1 aromatic heterocycles. The molecule has 11 heteroatoms. The third kappa shape index (κ3) is 4.39. The maximum Gasteiger partial charge on any atom is 3.00 e. The summed E-state index contributed by atoms with van der Waals surface area (Å²) in [5, 5.41) is 32.0. The molecule has 0 amide bonds. The van der Waals surface area contributed by atoms with Crippen LogP contribution in [0.4, 0.5) is 11.4 Å². The molecule has 0 saturated heterocycles. The minimum Gasteiger partial charge on any atom is -0.871 e. The van der Waals surface area contributed by atoms with Crippen molar-refractivity contribution in [2.75, 3.05) is 13.1 Å². The number of pyridine rings is 1. The second-order valence-electron chi connectivity index (χ2n) is 6.03. The van der Waals surface area contributed by atoms with Crippen LogP contribution in [-0.2, 0) is 27.4 Å². The van der Waals surface area contributed by atoms with Gasteiger partial charge in [-0.15, -0.1) is 10.6 Å². The zero-order chi connectivity index (χ0) is 21.2. The van der Waals surface area contributed by atoms with Crippen LogP contribution in [0.15, 0.2) is 62.4 Å². The van der Waals surface area contributed by atoms with Gasteiger partial charge in [0.05, 0.1) is 10.6 Å². The van der Waals surface area contributed by atoms with Gasteiger partial charge in [-0.05, 0) is 17.5 Å². The van der Waals surface area contributed by atoms with Crippen LogP contribution in [0.5, 0.6) is 11.5 Å². The van der Waals surface area contributed by atoms with Crippen LogP contribution in [0.2, 0.25) is 0 Å². The van der Waals surface area contributed by atoms with Gasteiger partial charge in [0.25, 0.3) is 0 Å². The minimum atomic E-state index is -3.81. The maximum atomic E-state index is 12.6. The van der Waals surface area contributed by atoms with E-state index in [1.807, 2.05) is 0 Å². The van der Waals surface area contributed by atoms with E-state index in [0.717, 1.165) is 12.1 Å². The van der Waals surface area contributed by atoms with E-state index in [-0.39, 0.29) is 51.9 Å². The number of fused-ring (bicyclic) bond motifs is 1. The monoisotopic (exact) mass is 465 g/mol. The quantitative estimate of drug-likeness (QED) is 0.508. The molecule has 0 bridgehead atoms. The van der Waals surface area contributed by atoms with Crippen LogP contribution in [0.1, 0.15) is 13.8 Å². The van der Waals surface area contributed by atoms with Crippen molar-refractivity contribution in [2.24, 2.45) is 10.2 Å². The number of hydrogen-bond donors (Lipinski definition) is 0. The fourth-order valence-electron chi connectivity index (χ4n) is 2.79. The Balaban J connectivity index is 0.00000320. The van der Waals surface area contributed by atoms with Gasteiger partial charge in [-0.3, -0.25) is 0 Å². The molecule has 3 aromatic rings. The number of azo groups is 1. The average molecular weight is 465 g/mol. The van der Waals surface area contributed by atoms with Gasteiger partial charge >= 0.3 is 17.4 Å². The molecule has 1 radical (unpaired) electrons. The predicted molar refractivity (Wildman–Crippen MR) is 103 cm³/mol. The zero-order valence-electron chi connectivity index (χ0n) is 16.1. The summed E-state index contributed by atoms with van der Waals surface area (Å²) >= 11 is 0. The van der Waals surface area contributed by atoms with Crippen molar-refractivity contribution in [3.63, 3.8) is 0 Å². The summed E-state index contributed by atoms with van der Waals surface area (Å²) in [4.78, 5) is 15.8. The Morgan fingerprint density at radius 2 is 1.70 bits per heavy atom. The number of benzene rings is 2. The summed E-state index contributed by atoms with van der Waals surface area (Å²) in [5.74, 6) is -1.26. The summed E-state index contributed by atoms with van der Waals surface area (Å²) in [6, 6.07) is 9.60. The number of para-hydroxylation sites is 1. The van der Waals surface area contributed by atoms with Gasteiger partial charge in [-0.25, -0.2) is 8.42 Å². The second kappa shape index (κ2) is 9.40. The summed E-state index contributed by atoms with van der Waals surface area (Å²) in [5.41, 5.74) is -1.49. The first-order valence-corrected chi connectivity index (χ1v) is 10.2. The van der Waals surface area contributed by atoms with Crippen molar-refractivity contribution in [1.29, 1.82) is 0 Å². The predicted octanol–water partition coefficient (Wildman–Crippen LogP) is 1.75. The van der Waals surface area contributed by atoms with Gasteiger partial charge in [-0.1, -0.05) is 55.7 Å². The number of aromatic nitrogens is 1. The molecule has 0 fully saturated rings. The number of hydrogen-bond acceptors (Lipinski definition) is 7. The Kier molecular flexibility index (Phi) is 7.39. The summed E-state index contributed by atoms with van der Waals surface area (Å²) in [6.45, 7) is 3.91. The topological polar surface area (TPSA) is 139 Å². The molecule has 0 N–H and O–H groups in total. The normalized spacial score (nSPS) is 11.8. The largest absolute Gasteiger partial charge is 3.00 e. The van der Waals surface area contributed by atoms with E-state index >= 15 is 0 Å². The molecule has 0 atom stereocenters. The van der Waals surface area contributed by atoms with Gasteiger partial charge in [0, 0.05) is 13.1 Å². The van der Waals surface area contributed by atoms with Crippen LogP contribution >= 0.6 is 0 Å². The van der Waals surface area contributed by atoms with Crippen molar-refractivity contribution in [3.8, 4) is 11.5 Å². The first-order valence-electron chi connectivity index (χ1n) is 8.79. The molecule has 0 aliphatic carbocycles. The molecule has 0 aliphatic heterocycles. The number of nitrogens with zero attached hydrogens (tertiary/aromatic N) is 4. The molecule has 9 nitrogen and oxygen atoms in total. The van der Waals surface area contributed by atoms with Crippen LogP contribution in [-0.4, -0.2) is 25.8 Å². The maximum absolute atomic E-state index is 12.6. The molecular formula is C19H17CrN4O5S. The van der Waals surface area contributed by atoms with Crippen LogP contribution in [0, 0.1) is 0 Å². The van der Waals surface area contributed by atoms with Gasteiger partial charge in [0.1, 0.15) is 11.2 Å². The first-order chi connectivity index (χ1) is 13.8. The molecule has 30 heavy (non-hydrogen) atoms. The van der Waals surface area contributed by atoms with Crippen LogP contribution < -0.4 is 20.8 Å². The Hall–Kier alpha value is -2.71. The molecule has 2 aromatic carbocycles. The molecule has 155 valence electrons. The summed E-state index contributed by atoms with van der Waals surface area (Å²) in [6.07, 6.45) is 0. The van der Waals surface area contributed by atoms with E-state index in [1.165, 1.54) is 22.5 Å². The van der Waals surface area contributed by atoms with E-state index < -0.39 is 32.8 Å². The van der Waals surface area contributed by atoms with E-state index in [9.17, 15) is 23.4 Å². The van der Waals surface area contributed by atoms with E-state index in [2.05, 4.69) is 15.2 Å². The molecular weight excluding hydrogens is 448 g/mol. The fraction of sp³-hybridized carbons (Fsp3) is 0.211. The van der Waals surface area contributed by atoms with Crippen molar-refractivity contribution >= 4 is 32.3 Å². The van der Waals surface area contributed by atoms with Crippen molar-refractivity contribution in [2.45, 2.75) is 18.7 Å². The number of sulfonamides is 1. The van der Waals surface area contributed by atoms with Gasteiger partial charge in [0.15, 0.2) is 0 Å². The fourth-order valence-corrected chi connectivity index (χ4v) is 4.27. The number of rotatable bonds is 6. The van der Waals surface area contributed by atoms with E-state index in [0.29, 0.717) is 0 Å². The van der Waals surface area contributed by atoms with Gasteiger partial charge in [0.2, 0.25) is 10.0 Å². The Morgan fingerprint density at radius 1 is 1.03 bits per heavy atom. The Bertz CT molecular complexity index is 1250. The summed E-state index contributed by atoms with van der Waals surface area (Å²) in [7, 11) is -3.81. The van der Waals surface area contributed by atoms with E-state index in [1.54, 1.807) is 26.0 Å². The smallest absolute Gasteiger partial charge is 0.871 e. The average Bonchev–Trinajstić information content (AvgIpc) is 2.69. The molecule has 0 spiro atoms. The second-order valence-corrected chi connectivity index (χ2v) is 7.97. The van der Waals surface area contributed by atoms with Crippen molar-refractivity contribution in [3.05, 3.63) is 52.8 Å². The first kappa shape index (κ1) is 23.6. The molecule has 1 heterocycles. The third-order valence-corrected chi connectivity index (χ3v) is 6.37. The molecule has 0 aliphatic rings. The van der Waals surface area contributed by atoms with Gasteiger partial charge in [-0.2, -0.15) is 9.42 Å². The van der Waals surface area contributed by atoms with Crippen molar-refractivity contribution in [1.82, 2.24) is 9.29 Å². The minimum absolute atomic E-state index is 0. The van der Waals surface area contributed by atoms with Crippen molar-refractivity contribution < 1.29 is 36.0 Å². The SMILES string of the molecule is CCN(CC)S(=O)(=O)c1ccc([O-])c(N=Nc2c([O-])c3ccccc3[n-]c2=O)c1.[Cr+3]. The molecule has 0 unspecified atom stereocenters. The third-order valence-electron chi connectivity index (χ3n) is 4.32.